The normalized spacial score (nSPS) is 15.8. The van der Waals surface area contributed by atoms with E-state index in [1.54, 1.807) is 30.3 Å². The number of hydrogen-bond donors (Lipinski definition) is 12. The van der Waals surface area contributed by atoms with Crippen LogP contribution in [0.2, 0.25) is 0 Å². The van der Waals surface area contributed by atoms with Gasteiger partial charge in [-0.1, -0.05) is 74.5 Å². The lowest BCUT2D eigenvalue weighted by Gasteiger charge is -2.31. The minimum Gasteiger partial charge on any atom is -0.370 e. The van der Waals surface area contributed by atoms with E-state index in [2.05, 4.69) is 36.6 Å². The van der Waals surface area contributed by atoms with E-state index in [9.17, 15) is 38.4 Å². The van der Waals surface area contributed by atoms with Crippen molar-refractivity contribution in [3.8, 4) is 0 Å². The minimum absolute atomic E-state index is 0.000619. The molecule has 0 spiro atoms. The van der Waals surface area contributed by atoms with Gasteiger partial charge in [-0.05, 0) is 68.4 Å². The number of guanidine groups is 2. The molecule has 1 heterocycles. The SMILES string of the molecule is CC(C)C[C@H](NC(=O)[C@@H](N)Cc1ccccc1)C(=O)N[C@@H](Cc1ccccc1)C(=O)N[C@@H](CCCN=C(N)N)C(=O)N1CCC[C@H]1C(=O)N[C@@H](CCCN=C(N)N)C(=O)N[C@@H](CC(N)=O)C(N)=O. The van der Waals surface area contributed by atoms with Crippen molar-refractivity contribution in [1.82, 2.24) is 31.5 Å². The van der Waals surface area contributed by atoms with Crippen LogP contribution in [-0.2, 0) is 51.2 Å². The van der Waals surface area contributed by atoms with Crippen LogP contribution >= 0.6 is 0 Å². The fourth-order valence-electron chi connectivity index (χ4n) is 7.55. The Hall–Kier alpha value is -7.30. The summed E-state index contributed by atoms with van der Waals surface area (Å²) in [6, 6.07) is 9.63. The lowest BCUT2D eigenvalue weighted by Crippen LogP contribution is -2.60. The van der Waals surface area contributed by atoms with Crippen LogP contribution in [0.25, 0.3) is 0 Å². The molecule has 19 N–H and O–H groups in total. The minimum atomic E-state index is -1.47. The van der Waals surface area contributed by atoms with Crippen LogP contribution < -0.4 is 66.7 Å². The van der Waals surface area contributed by atoms with Crippen molar-refractivity contribution in [1.29, 1.82) is 0 Å². The maximum Gasteiger partial charge on any atom is 0.245 e. The first-order valence-electron chi connectivity index (χ1n) is 22.6. The average Bonchev–Trinajstić information content (AvgIpc) is 3.78. The molecular formula is C45H69N15O8. The number of carbonyl (C=O) groups is 8. The summed E-state index contributed by atoms with van der Waals surface area (Å²) >= 11 is 0. The van der Waals surface area contributed by atoms with Gasteiger partial charge in [0.15, 0.2) is 11.9 Å². The Kier molecular flexibility index (Phi) is 22.7. The topological polar surface area (TPSA) is 407 Å². The number of likely N-dealkylation sites (tertiary alicyclic amines) is 1. The third-order valence-electron chi connectivity index (χ3n) is 10.9. The van der Waals surface area contributed by atoms with E-state index in [1.807, 2.05) is 44.2 Å². The van der Waals surface area contributed by atoms with E-state index in [0.717, 1.165) is 5.56 Å². The Morgan fingerprint density at radius 3 is 1.63 bits per heavy atom. The predicted molar refractivity (Wildman–Crippen MR) is 255 cm³/mol. The highest BCUT2D eigenvalue weighted by atomic mass is 16.2. The molecule has 0 bridgehead atoms. The number of aliphatic imine (C=N–C) groups is 2. The summed E-state index contributed by atoms with van der Waals surface area (Å²) in [6.07, 6.45) is 0.807. The average molecular weight is 948 g/mol. The number of nitrogens with zero attached hydrogens (tertiary/aromatic N) is 3. The quantitative estimate of drug-likeness (QED) is 0.0227. The molecule has 1 aliphatic heterocycles. The predicted octanol–water partition coefficient (Wildman–Crippen LogP) is -3.27. The van der Waals surface area contributed by atoms with Gasteiger partial charge >= 0.3 is 0 Å². The second-order valence-electron chi connectivity index (χ2n) is 17.1. The van der Waals surface area contributed by atoms with Gasteiger partial charge in [-0.3, -0.25) is 48.3 Å². The zero-order chi connectivity index (χ0) is 50.3. The number of rotatable bonds is 28. The van der Waals surface area contributed by atoms with Gasteiger partial charge in [0, 0.05) is 26.1 Å². The zero-order valence-corrected chi connectivity index (χ0v) is 38.7. The summed E-state index contributed by atoms with van der Waals surface area (Å²) < 4.78 is 0. The molecule has 3 rings (SSSR count). The maximum absolute atomic E-state index is 14.6. The molecule has 0 unspecified atom stereocenters. The van der Waals surface area contributed by atoms with Gasteiger partial charge in [-0.25, -0.2) is 0 Å². The largest absolute Gasteiger partial charge is 0.370 e. The lowest BCUT2D eigenvalue weighted by atomic mass is 9.99. The lowest BCUT2D eigenvalue weighted by molar-refractivity contribution is -0.142. The molecule has 2 aromatic rings. The molecule has 372 valence electrons. The molecule has 1 aliphatic rings. The van der Waals surface area contributed by atoms with Crippen LogP contribution in [0.3, 0.4) is 0 Å². The van der Waals surface area contributed by atoms with E-state index in [1.165, 1.54) is 4.90 Å². The van der Waals surface area contributed by atoms with Gasteiger partial charge in [-0.2, -0.15) is 0 Å². The molecule has 23 nitrogen and oxygen atoms in total. The maximum atomic E-state index is 14.6. The molecule has 68 heavy (non-hydrogen) atoms. The van der Waals surface area contributed by atoms with E-state index in [0.29, 0.717) is 12.0 Å². The second-order valence-corrected chi connectivity index (χ2v) is 17.1. The number of nitrogens with one attached hydrogen (secondary N) is 5. The number of nitrogens with two attached hydrogens (primary N) is 7. The molecule has 7 atom stereocenters. The van der Waals surface area contributed by atoms with Crippen LogP contribution in [0.4, 0.5) is 0 Å². The fraction of sp³-hybridized carbons (Fsp3) is 0.511. The molecular weight excluding hydrogens is 879 g/mol. The standard InChI is InChI=1S/C45H69N15O8/c1-26(2)22-33(58-38(63)29(46)23-27-12-5-3-6-13-27)40(65)59-34(24-28-14-7-4-8-15-28)41(66)56-31(17-10-20-54-45(51)52)43(68)60-21-11-18-35(60)42(67)55-30(16-9-19-53-44(49)50)39(64)57-32(37(48)62)25-36(47)61/h3-8,12-15,26,29-35H,9-11,16-25,46H2,1-2H3,(H2,47,61)(H2,48,62)(H,55,67)(H,56,66)(H,57,64)(H,58,63)(H,59,65)(H4,49,50,53)(H4,51,52,54)/t29-,30-,31-,32-,33-,34-,35-/m0/s1. The van der Waals surface area contributed by atoms with Gasteiger partial charge in [0.25, 0.3) is 0 Å². The molecule has 0 radical (unpaired) electrons. The van der Waals surface area contributed by atoms with Gasteiger partial charge in [0.2, 0.25) is 47.3 Å². The van der Waals surface area contributed by atoms with E-state index < -0.39 is 96.0 Å². The number of benzene rings is 2. The first-order valence-corrected chi connectivity index (χ1v) is 22.6. The van der Waals surface area contributed by atoms with Crippen LogP contribution in [-0.4, -0.2) is 126 Å². The summed E-state index contributed by atoms with van der Waals surface area (Å²) in [4.78, 5) is 117. The number of primary amides is 2. The molecule has 1 saturated heterocycles. The molecule has 2 aromatic carbocycles. The van der Waals surface area contributed by atoms with Gasteiger partial charge in [0.05, 0.1) is 12.5 Å². The fourth-order valence-corrected chi connectivity index (χ4v) is 7.55. The molecule has 0 saturated carbocycles. The number of hydrogen-bond acceptors (Lipinski definition) is 11. The Balaban J connectivity index is 1.90. The zero-order valence-electron chi connectivity index (χ0n) is 38.7. The van der Waals surface area contributed by atoms with Crippen molar-refractivity contribution in [3.05, 3.63) is 71.8 Å². The van der Waals surface area contributed by atoms with Crippen LogP contribution in [0.15, 0.2) is 70.6 Å². The van der Waals surface area contributed by atoms with Gasteiger partial charge in [-0.15, -0.1) is 0 Å². The number of carbonyl (C=O) groups excluding carboxylic acids is 8. The first kappa shape index (κ1) is 55.0. The van der Waals surface area contributed by atoms with E-state index in [4.69, 9.17) is 40.1 Å². The van der Waals surface area contributed by atoms with Crippen LogP contribution in [0.5, 0.6) is 0 Å². The van der Waals surface area contributed by atoms with Crippen LogP contribution in [0.1, 0.15) is 76.3 Å². The Labute approximate surface area is 395 Å². The third kappa shape index (κ3) is 19.3. The van der Waals surface area contributed by atoms with Crippen molar-refractivity contribution in [2.45, 2.75) is 120 Å². The molecule has 0 aliphatic carbocycles. The molecule has 1 fully saturated rings. The highest BCUT2D eigenvalue weighted by molar-refractivity contribution is 5.98. The highest BCUT2D eigenvalue weighted by Crippen LogP contribution is 2.21. The van der Waals surface area contributed by atoms with Crippen molar-refractivity contribution >= 4 is 59.2 Å². The molecule has 0 aromatic heterocycles. The van der Waals surface area contributed by atoms with E-state index in [-0.39, 0.29) is 88.8 Å². The summed E-state index contributed by atoms with van der Waals surface area (Å²) in [5.41, 5.74) is 40.4. The van der Waals surface area contributed by atoms with Crippen molar-refractivity contribution in [2.75, 3.05) is 19.6 Å². The summed E-state index contributed by atoms with van der Waals surface area (Å²) in [6.45, 7) is 4.04. The van der Waals surface area contributed by atoms with Gasteiger partial charge in [0.1, 0.15) is 36.3 Å². The van der Waals surface area contributed by atoms with Crippen molar-refractivity contribution in [3.63, 3.8) is 0 Å². The summed E-state index contributed by atoms with van der Waals surface area (Å²) in [5, 5.41) is 13.4. The van der Waals surface area contributed by atoms with Gasteiger partial charge < -0.3 is 71.6 Å². The monoisotopic (exact) mass is 948 g/mol. The van der Waals surface area contributed by atoms with Crippen LogP contribution in [0, 0.1) is 5.92 Å². The Morgan fingerprint density at radius 1 is 0.618 bits per heavy atom. The second kappa shape index (κ2) is 28.0. The summed E-state index contributed by atoms with van der Waals surface area (Å²) in [7, 11) is 0. The first-order chi connectivity index (χ1) is 32.2. The third-order valence-corrected chi connectivity index (χ3v) is 10.9. The molecule has 23 heteroatoms. The van der Waals surface area contributed by atoms with Crippen molar-refractivity contribution < 1.29 is 38.4 Å². The Morgan fingerprint density at radius 2 is 1.10 bits per heavy atom. The summed E-state index contributed by atoms with van der Waals surface area (Å²) in [5.74, 6) is -6.50. The number of amides is 8. The smallest absolute Gasteiger partial charge is 0.245 e. The van der Waals surface area contributed by atoms with Crippen molar-refractivity contribution in [2.24, 2.45) is 56.0 Å². The molecule has 8 amide bonds. The Bertz CT molecular complexity index is 2080. The van der Waals surface area contributed by atoms with E-state index >= 15 is 0 Å². The highest BCUT2D eigenvalue weighted by Gasteiger charge is 2.40.